The molecule has 2 nitrogen and oxygen atoms in total. The Bertz CT molecular complexity index is 332. The van der Waals surface area contributed by atoms with E-state index in [2.05, 4.69) is 16.8 Å². The molecule has 1 amide bonds. The third-order valence-corrected chi connectivity index (χ3v) is 3.68. The van der Waals surface area contributed by atoms with Gasteiger partial charge in [0, 0.05) is 11.8 Å². The second-order valence-electron chi connectivity index (χ2n) is 3.80. The predicted octanol–water partition coefficient (Wildman–Crippen LogP) is 2.65. The summed E-state index contributed by atoms with van der Waals surface area (Å²) in [6, 6.07) is 2.42. The Hall–Kier alpha value is -0.830. The van der Waals surface area contributed by atoms with E-state index in [4.69, 9.17) is 0 Å². The molecule has 1 aliphatic carbocycles. The Labute approximate surface area is 88.3 Å². The van der Waals surface area contributed by atoms with Crippen molar-refractivity contribution in [1.29, 1.82) is 0 Å². The fourth-order valence-corrected chi connectivity index (χ4v) is 3.04. The van der Waals surface area contributed by atoms with Gasteiger partial charge in [-0.15, -0.1) is 11.3 Å². The highest BCUT2D eigenvalue weighted by atomic mass is 32.1. The number of carbonyl (C=O) groups is 1. The molecule has 1 aromatic rings. The zero-order valence-electron chi connectivity index (χ0n) is 8.38. The predicted molar refractivity (Wildman–Crippen MR) is 58.4 cm³/mol. The van der Waals surface area contributed by atoms with Crippen LogP contribution in [-0.2, 0) is 11.2 Å². The van der Waals surface area contributed by atoms with E-state index in [0.717, 1.165) is 6.42 Å². The minimum atomic E-state index is 0.0778. The maximum atomic E-state index is 11.0. The lowest BCUT2D eigenvalue weighted by molar-refractivity contribution is -0.119. The largest absolute Gasteiger partial charge is 0.350 e. The summed E-state index contributed by atoms with van der Waals surface area (Å²) >= 11 is 1.82. The van der Waals surface area contributed by atoms with Crippen molar-refractivity contribution in [2.75, 3.05) is 0 Å². The Morgan fingerprint density at radius 3 is 3.21 bits per heavy atom. The average molecular weight is 209 g/mol. The van der Waals surface area contributed by atoms with Crippen LogP contribution in [0.4, 0.5) is 0 Å². The van der Waals surface area contributed by atoms with Crippen molar-refractivity contribution < 1.29 is 4.79 Å². The second-order valence-corrected chi connectivity index (χ2v) is 4.80. The highest BCUT2D eigenvalue weighted by Gasteiger charge is 2.19. The molecule has 1 atom stereocenters. The number of hydrogen-bond donors (Lipinski definition) is 1. The van der Waals surface area contributed by atoms with Gasteiger partial charge in [0.25, 0.3) is 0 Å². The van der Waals surface area contributed by atoms with Crippen molar-refractivity contribution in [2.24, 2.45) is 0 Å². The lowest BCUT2D eigenvalue weighted by Gasteiger charge is -2.15. The topological polar surface area (TPSA) is 29.1 Å². The van der Waals surface area contributed by atoms with Crippen LogP contribution in [0.5, 0.6) is 0 Å². The summed E-state index contributed by atoms with van der Waals surface area (Å²) in [5.41, 5.74) is 1.35. The molecule has 1 N–H and O–H groups in total. The second kappa shape index (κ2) is 4.13. The van der Waals surface area contributed by atoms with Crippen molar-refractivity contribution in [2.45, 2.75) is 38.6 Å². The van der Waals surface area contributed by atoms with Gasteiger partial charge in [-0.05, 0) is 36.3 Å². The van der Waals surface area contributed by atoms with Gasteiger partial charge in [-0.25, -0.2) is 0 Å². The number of amides is 1. The molecule has 2 rings (SSSR count). The Kier molecular flexibility index (Phi) is 2.87. The van der Waals surface area contributed by atoms with Gasteiger partial charge >= 0.3 is 0 Å². The van der Waals surface area contributed by atoms with Gasteiger partial charge in [-0.1, -0.05) is 6.42 Å². The van der Waals surface area contributed by atoms with Crippen molar-refractivity contribution in [3.8, 4) is 0 Å². The van der Waals surface area contributed by atoms with Gasteiger partial charge in [0.15, 0.2) is 0 Å². The molecule has 1 heterocycles. The average Bonchev–Trinajstić information content (AvgIpc) is 2.51. The normalized spacial score (nSPS) is 21.1. The molecule has 0 fully saturated rings. The molecule has 14 heavy (non-hydrogen) atoms. The lowest BCUT2D eigenvalue weighted by atomic mass is 10.1. The van der Waals surface area contributed by atoms with Gasteiger partial charge in [0.05, 0.1) is 6.04 Å². The van der Waals surface area contributed by atoms with E-state index in [9.17, 15) is 4.79 Å². The molecule has 0 spiro atoms. The maximum Gasteiger partial charge on any atom is 0.217 e. The zero-order valence-corrected chi connectivity index (χ0v) is 9.19. The molecule has 1 aliphatic rings. The number of thiophene rings is 1. The number of hydrogen-bond acceptors (Lipinski definition) is 2. The molecule has 0 aliphatic heterocycles. The monoisotopic (exact) mass is 209 g/mol. The highest BCUT2D eigenvalue weighted by Crippen LogP contribution is 2.31. The summed E-state index contributed by atoms with van der Waals surface area (Å²) in [7, 11) is 0. The van der Waals surface area contributed by atoms with Crippen LogP contribution in [0.15, 0.2) is 11.4 Å². The molecule has 76 valence electrons. The quantitative estimate of drug-likeness (QED) is 0.708. The van der Waals surface area contributed by atoms with Crippen molar-refractivity contribution in [3.05, 3.63) is 21.9 Å². The van der Waals surface area contributed by atoms with Crippen molar-refractivity contribution >= 4 is 17.2 Å². The molecular weight excluding hydrogens is 194 g/mol. The lowest BCUT2D eigenvalue weighted by Crippen LogP contribution is -2.25. The van der Waals surface area contributed by atoms with E-state index in [1.165, 1.54) is 29.7 Å². The summed E-state index contributed by atoms with van der Waals surface area (Å²) < 4.78 is 0. The summed E-state index contributed by atoms with van der Waals surface area (Å²) in [5, 5.41) is 5.16. The van der Waals surface area contributed by atoms with E-state index < -0.39 is 0 Å². The van der Waals surface area contributed by atoms with Crippen LogP contribution in [0.25, 0.3) is 0 Å². The first-order chi connectivity index (χ1) is 6.77. The SMILES string of the molecule is CC(=O)NC1CCCCc2sccc21. The van der Waals surface area contributed by atoms with Gasteiger partial charge in [-0.3, -0.25) is 4.79 Å². The first kappa shape index (κ1) is 9.71. The van der Waals surface area contributed by atoms with Crippen LogP contribution >= 0.6 is 11.3 Å². The molecular formula is C11H15NOS. The number of rotatable bonds is 1. The minimum Gasteiger partial charge on any atom is -0.350 e. The molecule has 0 saturated heterocycles. The number of fused-ring (bicyclic) bond motifs is 1. The molecule has 3 heteroatoms. The van der Waals surface area contributed by atoms with E-state index >= 15 is 0 Å². The molecule has 0 aromatic carbocycles. The van der Waals surface area contributed by atoms with Gasteiger partial charge in [0.2, 0.25) is 5.91 Å². The van der Waals surface area contributed by atoms with Crippen molar-refractivity contribution in [3.63, 3.8) is 0 Å². The first-order valence-electron chi connectivity index (χ1n) is 5.11. The smallest absolute Gasteiger partial charge is 0.217 e. The maximum absolute atomic E-state index is 11.0. The number of nitrogens with one attached hydrogen (secondary N) is 1. The molecule has 0 radical (unpaired) electrons. The summed E-state index contributed by atoms with van der Waals surface area (Å²) in [5.74, 6) is 0.0778. The van der Waals surface area contributed by atoms with E-state index in [-0.39, 0.29) is 11.9 Å². The molecule has 0 saturated carbocycles. The Balaban J connectivity index is 2.21. The summed E-state index contributed by atoms with van der Waals surface area (Å²) in [6.07, 6.45) is 4.74. The third kappa shape index (κ3) is 1.98. The van der Waals surface area contributed by atoms with Crippen LogP contribution in [-0.4, -0.2) is 5.91 Å². The number of aryl methyl sites for hydroxylation is 1. The zero-order chi connectivity index (χ0) is 9.97. The van der Waals surface area contributed by atoms with Gasteiger partial charge < -0.3 is 5.32 Å². The van der Waals surface area contributed by atoms with Crippen molar-refractivity contribution in [1.82, 2.24) is 5.32 Å². The van der Waals surface area contributed by atoms with Crippen LogP contribution < -0.4 is 5.32 Å². The molecule has 1 aromatic heterocycles. The number of carbonyl (C=O) groups excluding carboxylic acids is 1. The van der Waals surface area contributed by atoms with Crippen LogP contribution in [0, 0.1) is 0 Å². The van der Waals surface area contributed by atoms with Gasteiger partial charge in [0.1, 0.15) is 0 Å². The fraction of sp³-hybridized carbons (Fsp3) is 0.545. The van der Waals surface area contributed by atoms with Crippen LogP contribution in [0.1, 0.15) is 42.7 Å². The summed E-state index contributed by atoms with van der Waals surface area (Å²) in [6.45, 7) is 1.59. The standard InChI is InChI=1S/C11H15NOS/c1-8(13)12-10-4-2-3-5-11-9(10)6-7-14-11/h6-7,10H,2-5H2,1H3,(H,12,13). The first-order valence-corrected chi connectivity index (χ1v) is 5.98. The Morgan fingerprint density at radius 2 is 2.43 bits per heavy atom. The van der Waals surface area contributed by atoms with Crippen LogP contribution in [0.2, 0.25) is 0 Å². The van der Waals surface area contributed by atoms with Crippen LogP contribution in [0.3, 0.4) is 0 Å². The molecule has 0 bridgehead atoms. The van der Waals surface area contributed by atoms with E-state index in [0.29, 0.717) is 0 Å². The Morgan fingerprint density at radius 1 is 1.57 bits per heavy atom. The third-order valence-electron chi connectivity index (χ3n) is 2.68. The van der Waals surface area contributed by atoms with E-state index in [1.807, 2.05) is 11.3 Å². The fourth-order valence-electron chi connectivity index (χ4n) is 2.05. The summed E-state index contributed by atoms with van der Waals surface area (Å²) in [4.78, 5) is 12.5. The van der Waals surface area contributed by atoms with E-state index in [1.54, 1.807) is 6.92 Å². The molecule has 1 unspecified atom stereocenters. The highest BCUT2D eigenvalue weighted by molar-refractivity contribution is 7.10. The minimum absolute atomic E-state index is 0.0778. The van der Waals surface area contributed by atoms with Gasteiger partial charge in [-0.2, -0.15) is 0 Å².